The summed E-state index contributed by atoms with van der Waals surface area (Å²) >= 11 is 0. The molecule has 4 aliphatic rings. The fourth-order valence-corrected chi connectivity index (χ4v) is 7.73. The lowest BCUT2D eigenvalue weighted by atomic mass is 9.74. The van der Waals surface area contributed by atoms with Gasteiger partial charge < -0.3 is 29.7 Å². The molecule has 0 saturated carbocycles. The first kappa shape index (κ1) is 31.8. The van der Waals surface area contributed by atoms with Crippen molar-refractivity contribution in [1.82, 2.24) is 10.2 Å². The van der Waals surface area contributed by atoms with Crippen molar-refractivity contribution in [3.63, 3.8) is 0 Å². The number of allylic oxidation sites excluding steroid dienone is 1. The minimum atomic E-state index is -1.41. The Kier molecular flexibility index (Phi) is 8.61. The highest BCUT2D eigenvalue weighted by atomic mass is 16.5. The molecule has 4 aliphatic heterocycles. The van der Waals surface area contributed by atoms with Gasteiger partial charge in [0.1, 0.15) is 18.2 Å². The summed E-state index contributed by atoms with van der Waals surface area (Å²) in [6.07, 6.45) is 7.39. The number of aliphatic hydroxyl groups excluding tert-OH is 1. The van der Waals surface area contributed by atoms with Crippen LogP contribution in [0.25, 0.3) is 10.8 Å². The number of benzene rings is 3. The molecule has 2 fully saturated rings. The maximum absolute atomic E-state index is 15.0. The third kappa shape index (κ3) is 5.38. The Balaban J connectivity index is 1.33. The predicted molar refractivity (Wildman–Crippen MR) is 178 cm³/mol. The predicted octanol–water partition coefficient (Wildman–Crippen LogP) is 3.85. The van der Waals surface area contributed by atoms with Gasteiger partial charge in [0.15, 0.2) is 0 Å². The van der Waals surface area contributed by atoms with Gasteiger partial charge in [-0.3, -0.25) is 19.2 Å². The molecular formula is C38H39N3O7. The van der Waals surface area contributed by atoms with Gasteiger partial charge in [-0.25, -0.2) is 0 Å². The van der Waals surface area contributed by atoms with Crippen molar-refractivity contribution < 1.29 is 33.8 Å². The number of amides is 3. The van der Waals surface area contributed by atoms with Gasteiger partial charge in [0.25, 0.3) is 5.91 Å². The Bertz CT molecular complexity index is 1790. The monoisotopic (exact) mass is 649 g/mol. The van der Waals surface area contributed by atoms with Gasteiger partial charge >= 0.3 is 5.97 Å². The van der Waals surface area contributed by atoms with Crippen LogP contribution >= 0.6 is 0 Å². The third-order valence-corrected chi connectivity index (χ3v) is 10.1. The highest BCUT2D eigenvalue weighted by Gasteiger charge is 2.73. The zero-order valence-electron chi connectivity index (χ0n) is 26.7. The zero-order valence-corrected chi connectivity index (χ0v) is 26.7. The van der Waals surface area contributed by atoms with Gasteiger partial charge in [-0.15, -0.1) is 0 Å². The van der Waals surface area contributed by atoms with Crippen LogP contribution in [-0.4, -0.2) is 77.2 Å². The lowest BCUT2D eigenvalue weighted by molar-refractivity contribution is -0.146. The Morgan fingerprint density at radius 3 is 2.50 bits per heavy atom. The summed E-state index contributed by atoms with van der Waals surface area (Å²) < 4.78 is 12.2. The number of carbonyl (C=O) groups excluding carboxylic acids is 4. The van der Waals surface area contributed by atoms with E-state index in [-0.39, 0.29) is 32.1 Å². The Morgan fingerprint density at radius 1 is 0.958 bits per heavy atom. The van der Waals surface area contributed by atoms with E-state index >= 15 is 4.79 Å². The molecule has 0 aliphatic carbocycles. The molecule has 48 heavy (non-hydrogen) atoms. The second-order valence-corrected chi connectivity index (χ2v) is 12.8. The summed E-state index contributed by atoms with van der Waals surface area (Å²) in [5.41, 5.74) is -0.0395. The van der Waals surface area contributed by atoms with Crippen LogP contribution in [0.15, 0.2) is 97.1 Å². The normalized spacial score (nSPS) is 30.3. The van der Waals surface area contributed by atoms with Crippen LogP contribution in [0.4, 0.5) is 5.69 Å². The van der Waals surface area contributed by atoms with E-state index in [4.69, 9.17) is 9.47 Å². The van der Waals surface area contributed by atoms with Crippen molar-refractivity contribution in [1.29, 1.82) is 0 Å². The molecule has 2 N–H and O–H groups in total. The van der Waals surface area contributed by atoms with E-state index in [1.54, 1.807) is 17.1 Å². The average molecular weight is 650 g/mol. The number of likely N-dealkylation sites (tertiary alicyclic amines) is 1. The summed E-state index contributed by atoms with van der Waals surface area (Å²) in [4.78, 5) is 59.7. The molecule has 4 heterocycles. The number of carbonyl (C=O) groups is 4. The fraction of sp³-hybridized carbons (Fsp3) is 0.368. The number of hydrogen-bond acceptors (Lipinski definition) is 7. The van der Waals surface area contributed by atoms with Crippen LogP contribution in [0.3, 0.4) is 0 Å². The quantitative estimate of drug-likeness (QED) is 0.318. The van der Waals surface area contributed by atoms with Crippen LogP contribution in [-0.2, 0) is 28.7 Å². The number of anilines is 1. The van der Waals surface area contributed by atoms with E-state index in [0.717, 1.165) is 16.3 Å². The highest BCUT2D eigenvalue weighted by Crippen LogP contribution is 2.56. The van der Waals surface area contributed by atoms with Gasteiger partial charge in [0, 0.05) is 18.7 Å². The van der Waals surface area contributed by atoms with Crippen LogP contribution in [0.1, 0.15) is 37.8 Å². The lowest BCUT2D eigenvalue weighted by Gasteiger charge is -2.38. The molecule has 10 heteroatoms. The van der Waals surface area contributed by atoms with E-state index < -0.39 is 59.5 Å². The van der Waals surface area contributed by atoms with Gasteiger partial charge in [-0.05, 0) is 41.3 Å². The van der Waals surface area contributed by atoms with E-state index in [9.17, 15) is 19.5 Å². The largest absolute Gasteiger partial charge is 0.463 e. The molecule has 7 rings (SSSR count). The second-order valence-electron chi connectivity index (χ2n) is 12.8. The van der Waals surface area contributed by atoms with Crippen LogP contribution in [0.2, 0.25) is 0 Å². The van der Waals surface area contributed by atoms with E-state index in [2.05, 4.69) is 5.32 Å². The SMILES string of the molecule is CC[C@@H](CO)N1C(=O)[C@@H]2[C@H]3C(=O)N[C@@H](c4ccccc4)COC(=O)CC/C=C\CN(c4ccc5ccccc5c4)C(=O)[C@@H]1[C@]21C=C[C@H]3O1. The van der Waals surface area contributed by atoms with Crippen molar-refractivity contribution >= 4 is 40.2 Å². The van der Waals surface area contributed by atoms with E-state index in [0.29, 0.717) is 18.5 Å². The summed E-state index contributed by atoms with van der Waals surface area (Å²) in [7, 11) is 0. The molecule has 0 unspecified atom stereocenters. The minimum absolute atomic E-state index is 0.0818. The maximum atomic E-state index is 15.0. The van der Waals surface area contributed by atoms with Gasteiger partial charge in [0.05, 0.1) is 36.6 Å². The molecule has 7 atom stereocenters. The lowest BCUT2D eigenvalue weighted by Crippen LogP contribution is -2.58. The number of nitrogens with zero attached hydrogens (tertiary/aromatic N) is 2. The number of aliphatic hydroxyl groups is 1. The Morgan fingerprint density at radius 2 is 1.73 bits per heavy atom. The van der Waals surface area contributed by atoms with Gasteiger partial charge in [-0.2, -0.15) is 0 Å². The van der Waals surface area contributed by atoms with Crippen LogP contribution in [0, 0.1) is 11.8 Å². The standard InChI is InChI=1S/C38H39N3O7/c1-2-27(22-42)41-34-37(46)40(28-17-16-24-11-8-9-14-26(24)21-28)20-10-4-7-15-31(43)47-23-29(25-12-5-3-6-13-25)39-35(44)32-30-18-19-38(34,48-30)33(32)36(41)45/h3-6,8-14,16-19,21,27,29-30,32-34,42H,2,7,15,20,22-23H2,1H3,(H,39,44)/b10-4-/t27-,29+,30+,32-,33-,34+,38-/m0/s1. The molecule has 5 bridgehead atoms. The number of hydrogen-bond donors (Lipinski definition) is 2. The molecule has 0 radical (unpaired) electrons. The van der Waals surface area contributed by atoms with E-state index in [1.165, 1.54) is 4.90 Å². The molecule has 10 nitrogen and oxygen atoms in total. The van der Waals surface area contributed by atoms with Gasteiger partial charge in [0.2, 0.25) is 11.8 Å². The summed E-state index contributed by atoms with van der Waals surface area (Å²) in [6, 6.07) is 20.4. The summed E-state index contributed by atoms with van der Waals surface area (Å²) in [6.45, 7) is 1.58. The van der Waals surface area contributed by atoms with Crippen molar-refractivity contribution in [2.45, 2.75) is 56.0 Å². The average Bonchev–Trinajstić information content (AvgIpc) is 3.76. The van der Waals surface area contributed by atoms with Crippen molar-refractivity contribution in [2.24, 2.45) is 11.8 Å². The smallest absolute Gasteiger partial charge is 0.306 e. The molecular weight excluding hydrogens is 610 g/mol. The number of fused-ring (bicyclic) bond motifs is 3. The molecule has 2 saturated heterocycles. The van der Waals surface area contributed by atoms with E-state index in [1.807, 2.05) is 91.9 Å². The number of nitrogens with one attached hydrogen (secondary N) is 1. The molecule has 3 aromatic carbocycles. The summed E-state index contributed by atoms with van der Waals surface area (Å²) in [5, 5.41) is 15.5. The molecule has 3 amide bonds. The molecule has 3 aromatic rings. The molecule has 0 aromatic heterocycles. The zero-order chi connectivity index (χ0) is 33.4. The highest BCUT2D eigenvalue weighted by molar-refractivity contribution is 6.06. The van der Waals surface area contributed by atoms with Crippen molar-refractivity contribution in [2.75, 3.05) is 24.7 Å². The first-order valence-electron chi connectivity index (χ1n) is 16.6. The number of cyclic esters (lactones) is 1. The van der Waals surface area contributed by atoms with Crippen LogP contribution < -0.4 is 10.2 Å². The number of ether oxygens (including phenoxy) is 2. The summed E-state index contributed by atoms with van der Waals surface area (Å²) in [5.74, 6) is -3.56. The third-order valence-electron chi connectivity index (χ3n) is 10.1. The topological polar surface area (TPSA) is 125 Å². The first-order chi connectivity index (χ1) is 23.4. The van der Waals surface area contributed by atoms with Crippen molar-refractivity contribution in [3.05, 3.63) is 103 Å². The van der Waals surface area contributed by atoms with Crippen LogP contribution in [0.5, 0.6) is 0 Å². The maximum Gasteiger partial charge on any atom is 0.306 e. The Hall–Kier alpha value is -4.80. The first-order valence-corrected chi connectivity index (χ1v) is 16.6. The Labute approximate surface area is 279 Å². The van der Waals surface area contributed by atoms with Crippen molar-refractivity contribution in [3.8, 4) is 0 Å². The van der Waals surface area contributed by atoms with Gasteiger partial charge in [-0.1, -0.05) is 91.9 Å². The number of rotatable bonds is 5. The fourth-order valence-electron chi connectivity index (χ4n) is 7.73. The number of esters is 1. The molecule has 1 spiro atoms. The minimum Gasteiger partial charge on any atom is -0.463 e. The second kappa shape index (κ2) is 13.0. The molecule has 248 valence electrons.